The van der Waals surface area contributed by atoms with Crippen LogP contribution in [0.1, 0.15) is 22.7 Å². The summed E-state index contributed by atoms with van der Waals surface area (Å²) in [6.45, 7) is 9.22. The van der Waals surface area contributed by atoms with Gasteiger partial charge in [-0.1, -0.05) is 183 Å². The third-order valence-corrected chi connectivity index (χ3v) is 11.9. The molecule has 60 heavy (non-hydrogen) atoms. The van der Waals surface area contributed by atoms with E-state index >= 15 is 0 Å². The van der Waals surface area contributed by atoms with Gasteiger partial charge >= 0.3 is 0 Å². The van der Waals surface area contributed by atoms with E-state index < -0.39 is 0 Å². The van der Waals surface area contributed by atoms with Crippen molar-refractivity contribution in [2.24, 2.45) is 0 Å². The van der Waals surface area contributed by atoms with Gasteiger partial charge in [0, 0.05) is 28.4 Å². The van der Waals surface area contributed by atoms with Gasteiger partial charge in [0.25, 0.3) is 0 Å². The summed E-state index contributed by atoms with van der Waals surface area (Å²) >= 11 is 0. The molecule has 0 bridgehead atoms. The highest BCUT2D eigenvalue weighted by Gasteiger charge is 2.29. The molecule has 0 N–H and O–H groups in total. The second-order valence-corrected chi connectivity index (χ2v) is 15.5. The number of nitrogens with zero attached hydrogens (tertiary/aromatic N) is 2. The van der Waals surface area contributed by atoms with E-state index in [1.165, 1.54) is 54.9 Å². The van der Waals surface area contributed by atoms with Crippen LogP contribution in [0.2, 0.25) is 0 Å². The fourth-order valence-electron chi connectivity index (χ4n) is 8.90. The topological polar surface area (TPSA) is 6.48 Å². The van der Waals surface area contributed by atoms with Crippen LogP contribution in [-0.2, 0) is 6.42 Å². The van der Waals surface area contributed by atoms with Crippen molar-refractivity contribution in [1.29, 1.82) is 0 Å². The number of para-hydroxylation sites is 1. The van der Waals surface area contributed by atoms with Crippen LogP contribution in [0.5, 0.6) is 0 Å². The average Bonchev–Trinajstić information content (AvgIpc) is 3.32. The van der Waals surface area contributed by atoms with Gasteiger partial charge in [0.15, 0.2) is 0 Å². The molecule has 0 fully saturated rings. The lowest BCUT2D eigenvalue weighted by atomic mass is 9.82. The molecule has 0 aromatic heterocycles. The third-order valence-electron chi connectivity index (χ3n) is 11.9. The molecule has 0 aliphatic heterocycles. The van der Waals surface area contributed by atoms with E-state index in [-0.39, 0.29) is 6.04 Å². The Morgan fingerprint density at radius 2 is 0.900 bits per heavy atom. The van der Waals surface area contributed by atoms with E-state index in [1.54, 1.807) is 0 Å². The lowest BCUT2D eigenvalue weighted by Gasteiger charge is -2.38. The molecular formula is C58H44N2. The van der Waals surface area contributed by atoms with Crippen molar-refractivity contribution in [2.75, 3.05) is 9.80 Å². The van der Waals surface area contributed by atoms with Gasteiger partial charge < -0.3 is 9.80 Å². The van der Waals surface area contributed by atoms with Gasteiger partial charge in [-0.15, -0.1) is 0 Å². The highest BCUT2D eigenvalue weighted by molar-refractivity contribution is 6.12. The fourth-order valence-corrected chi connectivity index (χ4v) is 8.90. The predicted octanol–water partition coefficient (Wildman–Crippen LogP) is 15.7. The lowest BCUT2D eigenvalue weighted by molar-refractivity contribution is 0.679. The Morgan fingerprint density at radius 3 is 1.47 bits per heavy atom. The van der Waals surface area contributed by atoms with Gasteiger partial charge in [0.05, 0.1) is 6.04 Å². The van der Waals surface area contributed by atoms with Crippen molar-refractivity contribution < 1.29 is 0 Å². The van der Waals surface area contributed by atoms with Crippen LogP contribution in [0.25, 0.3) is 49.4 Å². The van der Waals surface area contributed by atoms with E-state index in [0.717, 1.165) is 46.0 Å². The summed E-state index contributed by atoms with van der Waals surface area (Å²) in [5.41, 5.74) is 14.7. The zero-order valence-corrected chi connectivity index (χ0v) is 33.5. The van der Waals surface area contributed by atoms with Crippen molar-refractivity contribution >= 4 is 49.9 Å². The van der Waals surface area contributed by atoms with Crippen molar-refractivity contribution in [3.8, 4) is 22.3 Å². The van der Waals surface area contributed by atoms with Crippen LogP contribution in [0, 0.1) is 0 Å². The number of benzene rings is 9. The third kappa shape index (κ3) is 6.99. The Bertz CT molecular complexity index is 2920. The molecule has 1 aliphatic rings. The van der Waals surface area contributed by atoms with Crippen LogP contribution in [-0.4, -0.2) is 0 Å². The second kappa shape index (κ2) is 15.9. The first-order valence-corrected chi connectivity index (χ1v) is 20.6. The number of allylic oxidation sites excluding steroid dienone is 3. The van der Waals surface area contributed by atoms with E-state index in [0.29, 0.717) is 0 Å². The molecule has 0 radical (unpaired) electrons. The minimum absolute atomic E-state index is 0.0794. The molecular weight excluding hydrogens is 725 g/mol. The van der Waals surface area contributed by atoms with Gasteiger partial charge in [0.1, 0.15) is 0 Å². The van der Waals surface area contributed by atoms with E-state index in [4.69, 9.17) is 0 Å². The van der Waals surface area contributed by atoms with Crippen LogP contribution < -0.4 is 9.80 Å². The highest BCUT2D eigenvalue weighted by Crippen LogP contribution is 2.45. The molecule has 1 atom stereocenters. The number of hydrogen-bond acceptors (Lipinski definition) is 2. The molecule has 0 amide bonds. The molecule has 286 valence electrons. The fraction of sp³-hybridized carbons (Fsp3) is 0.0345. The molecule has 0 heterocycles. The normalized spacial score (nSPS) is 13.2. The lowest BCUT2D eigenvalue weighted by Crippen LogP contribution is -2.30. The Hall–Kier alpha value is -7.68. The molecule has 9 aromatic carbocycles. The maximum Gasteiger partial charge on any atom is 0.0638 e. The minimum Gasteiger partial charge on any atom is -0.334 e. The molecule has 2 nitrogen and oxygen atoms in total. The Morgan fingerprint density at radius 1 is 0.417 bits per heavy atom. The van der Waals surface area contributed by atoms with Gasteiger partial charge in [-0.3, -0.25) is 0 Å². The summed E-state index contributed by atoms with van der Waals surface area (Å²) in [6, 6.07) is 76.1. The van der Waals surface area contributed by atoms with Crippen molar-refractivity contribution in [2.45, 2.75) is 12.5 Å². The first-order valence-electron chi connectivity index (χ1n) is 20.6. The van der Waals surface area contributed by atoms with Gasteiger partial charge in [-0.05, 0) is 127 Å². The molecule has 0 saturated carbocycles. The average molecular weight is 769 g/mol. The molecule has 0 saturated heterocycles. The largest absolute Gasteiger partial charge is 0.334 e. The Labute approximate surface area is 353 Å². The summed E-state index contributed by atoms with van der Waals surface area (Å²) in [5, 5.41) is 5.29. The number of anilines is 4. The molecule has 2 heteroatoms. The molecule has 1 unspecified atom stereocenters. The zero-order chi connectivity index (χ0) is 40.4. The van der Waals surface area contributed by atoms with Crippen molar-refractivity contribution in [1.82, 2.24) is 0 Å². The highest BCUT2D eigenvalue weighted by atomic mass is 15.2. The summed E-state index contributed by atoms with van der Waals surface area (Å²) < 4.78 is 0. The number of rotatable bonds is 11. The van der Waals surface area contributed by atoms with E-state index in [9.17, 15) is 0 Å². The maximum absolute atomic E-state index is 4.69. The molecule has 0 spiro atoms. The monoisotopic (exact) mass is 768 g/mol. The minimum atomic E-state index is 0.0794. The summed E-state index contributed by atoms with van der Waals surface area (Å²) in [6.07, 6.45) is 5.12. The second-order valence-electron chi connectivity index (χ2n) is 15.5. The first kappa shape index (κ1) is 36.6. The predicted molar refractivity (Wildman–Crippen MR) is 256 cm³/mol. The first-order chi connectivity index (χ1) is 29.6. The maximum atomic E-state index is 4.69. The van der Waals surface area contributed by atoms with Crippen molar-refractivity contribution in [3.05, 3.63) is 260 Å². The summed E-state index contributed by atoms with van der Waals surface area (Å²) in [7, 11) is 0. The van der Waals surface area contributed by atoms with Gasteiger partial charge in [0.2, 0.25) is 0 Å². The molecule has 1 aliphatic carbocycles. The van der Waals surface area contributed by atoms with Crippen molar-refractivity contribution in [3.63, 3.8) is 0 Å². The number of hydrogen-bond donors (Lipinski definition) is 0. The zero-order valence-electron chi connectivity index (χ0n) is 33.5. The molecule has 10 rings (SSSR count). The Balaban J connectivity index is 0.948. The van der Waals surface area contributed by atoms with Crippen LogP contribution >= 0.6 is 0 Å². The van der Waals surface area contributed by atoms with Crippen LogP contribution in [0.4, 0.5) is 22.7 Å². The summed E-state index contributed by atoms with van der Waals surface area (Å²) in [5.74, 6) is 0. The van der Waals surface area contributed by atoms with Gasteiger partial charge in [-0.25, -0.2) is 0 Å². The van der Waals surface area contributed by atoms with E-state index in [2.05, 4.69) is 247 Å². The quantitative estimate of drug-likeness (QED) is 0.0955. The SMILES string of the molecule is C=C(/C=C\C(=C)N(c1ccccc1)C1Cc2cccc3ccc4cccc1c4c23)c1ccc(N(c2ccc(-c3ccccc3)cc2)c2ccc(-c3ccccc3)cc2)cc1. The molecule has 9 aromatic rings. The van der Waals surface area contributed by atoms with Gasteiger partial charge in [-0.2, -0.15) is 0 Å². The van der Waals surface area contributed by atoms with Crippen LogP contribution in [0.15, 0.2) is 243 Å². The van der Waals surface area contributed by atoms with Crippen LogP contribution in [0.3, 0.4) is 0 Å². The summed E-state index contributed by atoms with van der Waals surface area (Å²) in [4.78, 5) is 4.72. The smallest absolute Gasteiger partial charge is 0.0638 e. The Kier molecular flexibility index (Phi) is 9.73. The van der Waals surface area contributed by atoms with E-state index in [1.807, 2.05) is 0 Å². The standard InChI is InChI=1S/C58H44N2/c1-41(24-25-42(2)59(51-21-10-5-11-22-51)56-40-50-20-12-18-48-26-27-49-19-13-23-55(56)58(49)57(48)50)43-28-34-52(35-29-43)60(53-36-30-46(31-37-53)44-14-6-3-7-15-44)54-38-32-47(33-39-54)45-16-8-4-9-17-45/h3-39,56H,1-2,40H2/b25-24-.